The Bertz CT molecular complexity index is 759. The maximum Gasteiger partial charge on any atom is 0.319 e. The molecule has 0 aromatic heterocycles. The van der Waals surface area contributed by atoms with Crippen LogP contribution in [0.5, 0.6) is 5.75 Å². The first-order valence-electron chi connectivity index (χ1n) is 9.87. The molecule has 0 aliphatic carbocycles. The Morgan fingerprint density at radius 3 is 2.61 bits per heavy atom. The molecule has 28 heavy (non-hydrogen) atoms. The van der Waals surface area contributed by atoms with E-state index in [0.717, 1.165) is 48.9 Å². The molecule has 0 unspecified atom stereocenters. The Kier molecular flexibility index (Phi) is 7.57. The van der Waals surface area contributed by atoms with E-state index in [2.05, 4.69) is 21.6 Å². The molecule has 1 fully saturated rings. The summed E-state index contributed by atoms with van der Waals surface area (Å²) in [5.41, 5.74) is 2.01. The van der Waals surface area contributed by atoms with E-state index in [-0.39, 0.29) is 6.03 Å². The molecule has 0 saturated carbocycles. The topological polar surface area (TPSA) is 53.6 Å². The SMILES string of the molecule is CCOc1ccc(NC(=O)NCC2CCN(Cc3cccc(Cl)c3)CC2)cc1. The van der Waals surface area contributed by atoms with Crippen LogP contribution in [0.25, 0.3) is 0 Å². The summed E-state index contributed by atoms with van der Waals surface area (Å²) in [6.45, 7) is 6.29. The third-order valence-corrected chi connectivity index (χ3v) is 5.21. The van der Waals surface area contributed by atoms with Gasteiger partial charge in [-0.25, -0.2) is 4.79 Å². The molecule has 0 atom stereocenters. The molecule has 2 N–H and O–H groups in total. The van der Waals surface area contributed by atoms with Crippen molar-refractivity contribution in [3.63, 3.8) is 0 Å². The average molecular weight is 402 g/mol. The lowest BCUT2D eigenvalue weighted by Crippen LogP contribution is -2.39. The number of halogens is 1. The van der Waals surface area contributed by atoms with Gasteiger partial charge in [0.2, 0.25) is 0 Å². The fourth-order valence-electron chi connectivity index (χ4n) is 3.46. The molecule has 1 aliphatic rings. The monoisotopic (exact) mass is 401 g/mol. The van der Waals surface area contributed by atoms with Crippen LogP contribution < -0.4 is 15.4 Å². The van der Waals surface area contributed by atoms with Gasteiger partial charge in [-0.2, -0.15) is 0 Å². The molecule has 6 heteroatoms. The Balaban J connectivity index is 1.36. The number of hydrogen-bond donors (Lipinski definition) is 2. The number of amides is 2. The zero-order chi connectivity index (χ0) is 19.8. The van der Waals surface area contributed by atoms with E-state index < -0.39 is 0 Å². The van der Waals surface area contributed by atoms with Crippen molar-refractivity contribution >= 4 is 23.3 Å². The number of likely N-dealkylation sites (tertiary alicyclic amines) is 1. The predicted molar refractivity (Wildman–Crippen MR) is 114 cm³/mol. The van der Waals surface area contributed by atoms with E-state index in [9.17, 15) is 4.79 Å². The van der Waals surface area contributed by atoms with Gasteiger partial charge in [-0.3, -0.25) is 4.90 Å². The first-order valence-corrected chi connectivity index (χ1v) is 10.2. The number of urea groups is 1. The number of nitrogens with one attached hydrogen (secondary N) is 2. The van der Waals surface area contributed by atoms with Crippen LogP contribution in [-0.2, 0) is 6.54 Å². The zero-order valence-corrected chi connectivity index (χ0v) is 17.0. The highest BCUT2D eigenvalue weighted by Crippen LogP contribution is 2.20. The number of piperidine rings is 1. The lowest BCUT2D eigenvalue weighted by Gasteiger charge is -2.32. The minimum atomic E-state index is -0.162. The Hall–Kier alpha value is -2.24. The smallest absolute Gasteiger partial charge is 0.319 e. The maximum atomic E-state index is 12.1. The molecule has 2 aromatic carbocycles. The van der Waals surface area contributed by atoms with Gasteiger partial charge in [0, 0.05) is 23.8 Å². The average Bonchev–Trinajstić information content (AvgIpc) is 2.69. The second-order valence-electron chi connectivity index (χ2n) is 7.14. The number of anilines is 1. The van der Waals surface area contributed by atoms with Crippen molar-refractivity contribution in [1.82, 2.24) is 10.2 Å². The van der Waals surface area contributed by atoms with Gasteiger partial charge in [0.1, 0.15) is 5.75 Å². The molecule has 0 spiro atoms. The van der Waals surface area contributed by atoms with Crippen LogP contribution in [0.1, 0.15) is 25.3 Å². The molecule has 5 nitrogen and oxygen atoms in total. The number of rotatable bonds is 7. The summed E-state index contributed by atoms with van der Waals surface area (Å²) < 4.78 is 5.41. The number of ether oxygens (including phenoxy) is 1. The number of nitrogens with zero attached hydrogens (tertiary/aromatic N) is 1. The Labute approximate surface area is 172 Å². The minimum Gasteiger partial charge on any atom is -0.494 e. The van der Waals surface area contributed by atoms with E-state index in [1.165, 1.54) is 5.56 Å². The third-order valence-electron chi connectivity index (χ3n) is 4.98. The van der Waals surface area contributed by atoms with Crippen LogP contribution in [0.2, 0.25) is 5.02 Å². The van der Waals surface area contributed by atoms with Gasteiger partial charge in [-0.15, -0.1) is 0 Å². The molecule has 0 bridgehead atoms. The van der Waals surface area contributed by atoms with Crippen molar-refractivity contribution in [2.24, 2.45) is 5.92 Å². The quantitative estimate of drug-likeness (QED) is 0.702. The lowest BCUT2D eigenvalue weighted by atomic mass is 9.96. The van der Waals surface area contributed by atoms with Crippen molar-refractivity contribution < 1.29 is 9.53 Å². The predicted octanol–water partition coefficient (Wildman–Crippen LogP) is 4.77. The van der Waals surface area contributed by atoms with Crippen molar-refractivity contribution in [2.45, 2.75) is 26.3 Å². The van der Waals surface area contributed by atoms with E-state index in [1.807, 2.05) is 49.4 Å². The van der Waals surface area contributed by atoms with Crippen LogP contribution in [0, 0.1) is 5.92 Å². The van der Waals surface area contributed by atoms with E-state index >= 15 is 0 Å². The zero-order valence-electron chi connectivity index (χ0n) is 16.3. The van der Waals surface area contributed by atoms with Crippen LogP contribution in [0.15, 0.2) is 48.5 Å². The van der Waals surface area contributed by atoms with Crippen molar-refractivity contribution in [3.05, 3.63) is 59.1 Å². The third kappa shape index (κ3) is 6.43. The summed E-state index contributed by atoms with van der Waals surface area (Å²) in [6.07, 6.45) is 2.17. The van der Waals surface area contributed by atoms with Crippen LogP contribution in [-0.4, -0.2) is 37.2 Å². The van der Waals surface area contributed by atoms with Crippen molar-refractivity contribution in [1.29, 1.82) is 0 Å². The first-order chi connectivity index (χ1) is 13.6. The summed E-state index contributed by atoms with van der Waals surface area (Å²) in [7, 11) is 0. The van der Waals surface area contributed by atoms with Gasteiger partial charge in [-0.05, 0) is 80.7 Å². The second-order valence-corrected chi connectivity index (χ2v) is 7.58. The lowest BCUT2D eigenvalue weighted by molar-refractivity contribution is 0.176. The molecular formula is C22H28ClN3O2. The highest BCUT2D eigenvalue weighted by molar-refractivity contribution is 6.30. The van der Waals surface area contributed by atoms with Gasteiger partial charge in [0.25, 0.3) is 0 Å². The standard InChI is InChI=1S/C22H28ClN3O2/c1-2-28-21-8-6-20(7-9-21)25-22(27)24-15-17-10-12-26(13-11-17)16-18-4-3-5-19(23)14-18/h3-9,14,17H,2,10-13,15-16H2,1H3,(H2,24,25,27). The molecule has 1 heterocycles. The van der Waals surface area contributed by atoms with Gasteiger partial charge < -0.3 is 15.4 Å². The summed E-state index contributed by atoms with van der Waals surface area (Å²) in [6, 6.07) is 15.3. The fourth-order valence-corrected chi connectivity index (χ4v) is 3.67. The maximum absolute atomic E-state index is 12.1. The summed E-state index contributed by atoms with van der Waals surface area (Å²) >= 11 is 6.07. The normalized spacial score (nSPS) is 15.2. The number of carbonyl (C=O) groups is 1. The van der Waals surface area contributed by atoms with E-state index in [0.29, 0.717) is 19.1 Å². The number of hydrogen-bond acceptors (Lipinski definition) is 3. The molecular weight excluding hydrogens is 374 g/mol. The fraction of sp³-hybridized carbons (Fsp3) is 0.409. The summed E-state index contributed by atoms with van der Waals surface area (Å²) in [5.74, 6) is 1.32. The van der Waals surface area contributed by atoms with E-state index in [4.69, 9.17) is 16.3 Å². The molecule has 3 rings (SSSR count). The summed E-state index contributed by atoms with van der Waals surface area (Å²) in [5, 5.41) is 6.65. The van der Waals surface area contributed by atoms with Crippen molar-refractivity contribution in [2.75, 3.05) is 31.6 Å². The molecule has 1 aliphatic heterocycles. The molecule has 0 radical (unpaired) electrons. The first kappa shape index (κ1) is 20.5. The second kappa shape index (κ2) is 10.3. The van der Waals surface area contributed by atoms with E-state index in [1.54, 1.807) is 0 Å². The van der Waals surface area contributed by atoms with Gasteiger partial charge >= 0.3 is 6.03 Å². The highest BCUT2D eigenvalue weighted by Gasteiger charge is 2.19. The molecule has 2 amide bonds. The summed E-state index contributed by atoms with van der Waals surface area (Å²) in [4.78, 5) is 14.6. The number of benzene rings is 2. The van der Waals surface area contributed by atoms with Gasteiger partial charge in [0.15, 0.2) is 0 Å². The van der Waals surface area contributed by atoms with Gasteiger partial charge in [0.05, 0.1) is 6.61 Å². The van der Waals surface area contributed by atoms with Crippen LogP contribution in [0.4, 0.5) is 10.5 Å². The Morgan fingerprint density at radius 2 is 1.93 bits per heavy atom. The molecule has 150 valence electrons. The molecule has 2 aromatic rings. The van der Waals surface area contributed by atoms with Crippen LogP contribution >= 0.6 is 11.6 Å². The number of carbonyl (C=O) groups excluding carboxylic acids is 1. The van der Waals surface area contributed by atoms with Crippen molar-refractivity contribution in [3.8, 4) is 5.75 Å². The van der Waals surface area contributed by atoms with Gasteiger partial charge in [-0.1, -0.05) is 23.7 Å². The minimum absolute atomic E-state index is 0.162. The highest BCUT2D eigenvalue weighted by atomic mass is 35.5. The van der Waals surface area contributed by atoms with Crippen LogP contribution in [0.3, 0.4) is 0 Å². The largest absolute Gasteiger partial charge is 0.494 e. The Morgan fingerprint density at radius 1 is 1.18 bits per heavy atom. The molecule has 1 saturated heterocycles.